The fourth-order valence-corrected chi connectivity index (χ4v) is 5.88. The van der Waals surface area contributed by atoms with Crippen LogP contribution in [0.15, 0.2) is 24.3 Å². The average molecular weight is 331 g/mol. The standard InChI is InChI=1S/C21H34N2O/c1-14(2)15-7-9-16(10-8-15)21(24)19(3,4)18(20(21,5)6)17-13-22-11-12-23-17/h7-10,14,17-18,22-24H,11-13H2,1-6H3. The lowest BCUT2D eigenvalue weighted by molar-refractivity contribution is -0.313. The molecule has 1 saturated carbocycles. The van der Waals surface area contributed by atoms with Gasteiger partial charge in [-0.05, 0) is 23.0 Å². The van der Waals surface area contributed by atoms with Crippen molar-refractivity contribution in [2.75, 3.05) is 19.6 Å². The van der Waals surface area contributed by atoms with E-state index < -0.39 is 5.60 Å². The summed E-state index contributed by atoms with van der Waals surface area (Å²) in [5.74, 6) is 0.939. The Morgan fingerprint density at radius 2 is 1.58 bits per heavy atom. The molecule has 1 aromatic carbocycles. The fraction of sp³-hybridized carbons (Fsp3) is 0.714. The van der Waals surface area contributed by atoms with Crippen molar-refractivity contribution < 1.29 is 5.11 Å². The lowest BCUT2D eigenvalue weighted by atomic mass is 9.35. The Kier molecular flexibility index (Phi) is 4.35. The van der Waals surface area contributed by atoms with Crippen molar-refractivity contribution in [1.29, 1.82) is 0 Å². The summed E-state index contributed by atoms with van der Waals surface area (Å²) in [5, 5.41) is 19.0. The molecule has 0 radical (unpaired) electrons. The summed E-state index contributed by atoms with van der Waals surface area (Å²) in [6, 6.07) is 9.05. The maximum atomic E-state index is 11.8. The van der Waals surface area contributed by atoms with Gasteiger partial charge in [0.15, 0.2) is 0 Å². The van der Waals surface area contributed by atoms with Gasteiger partial charge in [0, 0.05) is 36.5 Å². The van der Waals surface area contributed by atoms with Crippen molar-refractivity contribution in [3.63, 3.8) is 0 Å². The first-order chi connectivity index (χ1) is 11.1. The van der Waals surface area contributed by atoms with Gasteiger partial charge in [-0.3, -0.25) is 0 Å². The van der Waals surface area contributed by atoms with E-state index in [0.717, 1.165) is 25.2 Å². The molecule has 0 amide bonds. The number of rotatable bonds is 3. The van der Waals surface area contributed by atoms with Gasteiger partial charge in [-0.1, -0.05) is 65.8 Å². The van der Waals surface area contributed by atoms with E-state index in [2.05, 4.69) is 76.4 Å². The van der Waals surface area contributed by atoms with Gasteiger partial charge >= 0.3 is 0 Å². The minimum atomic E-state index is -0.806. The van der Waals surface area contributed by atoms with Crippen LogP contribution in [0.5, 0.6) is 0 Å². The molecule has 134 valence electrons. The first-order valence-corrected chi connectivity index (χ1v) is 9.41. The van der Waals surface area contributed by atoms with E-state index in [1.165, 1.54) is 5.56 Å². The van der Waals surface area contributed by atoms with Crippen molar-refractivity contribution >= 4 is 0 Å². The third-order valence-electron chi connectivity index (χ3n) is 6.89. The van der Waals surface area contributed by atoms with Gasteiger partial charge in [0.1, 0.15) is 5.60 Å². The van der Waals surface area contributed by atoms with Gasteiger partial charge in [-0.25, -0.2) is 0 Å². The quantitative estimate of drug-likeness (QED) is 0.797. The van der Waals surface area contributed by atoms with Crippen LogP contribution in [0.3, 0.4) is 0 Å². The van der Waals surface area contributed by atoms with Crippen LogP contribution < -0.4 is 10.6 Å². The third-order valence-corrected chi connectivity index (χ3v) is 6.89. The molecule has 2 fully saturated rings. The molecule has 3 rings (SSSR count). The van der Waals surface area contributed by atoms with Crippen molar-refractivity contribution in [2.24, 2.45) is 16.7 Å². The predicted octanol–water partition coefficient (Wildman–Crippen LogP) is 3.24. The zero-order valence-corrected chi connectivity index (χ0v) is 16.1. The van der Waals surface area contributed by atoms with Crippen LogP contribution in [0.4, 0.5) is 0 Å². The first-order valence-electron chi connectivity index (χ1n) is 9.41. The Labute approximate surface area is 147 Å². The summed E-state index contributed by atoms with van der Waals surface area (Å²) in [6.45, 7) is 16.4. The van der Waals surface area contributed by atoms with Crippen LogP contribution >= 0.6 is 0 Å². The largest absolute Gasteiger partial charge is 0.384 e. The summed E-state index contributed by atoms with van der Waals surface area (Å²) in [5.41, 5.74) is 1.23. The Bertz CT molecular complexity index is 566. The van der Waals surface area contributed by atoms with Crippen LogP contribution in [-0.4, -0.2) is 30.8 Å². The monoisotopic (exact) mass is 330 g/mol. The first kappa shape index (κ1) is 17.9. The van der Waals surface area contributed by atoms with E-state index in [9.17, 15) is 5.11 Å². The Hall–Kier alpha value is -0.900. The van der Waals surface area contributed by atoms with Gasteiger partial charge < -0.3 is 15.7 Å². The Morgan fingerprint density at radius 3 is 2.04 bits per heavy atom. The summed E-state index contributed by atoms with van der Waals surface area (Å²) >= 11 is 0. The molecule has 0 bridgehead atoms. The summed E-state index contributed by atoms with van der Waals surface area (Å²) in [4.78, 5) is 0. The van der Waals surface area contributed by atoms with Gasteiger partial charge in [-0.15, -0.1) is 0 Å². The second-order valence-electron chi connectivity index (χ2n) is 9.17. The van der Waals surface area contributed by atoms with Crippen molar-refractivity contribution in [1.82, 2.24) is 10.6 Å². The summed E-state index contributed by atoms with van der Waals surface area (Å²) in [6.07, 6.45) is 0. The van der Waals surface area contributed by atoms with Crippen LogP contribution in [0.25, 0.3) is 0 Å². The highest BCUT2D eigenvalue weighted by Crippen LogP contribution is 2.71. The van der Waals surface area contributed by atoms with E-state index in [0.29, 0.717) is 17.9 Å². The van der Waals surface area contributed by atoms with Gasteiger partial charge in [-0.2, -0.15) is 0 Å². The number of hydrogen-bond acceptors (Lipinski definition) is 3. The van der Waals surface area contributed by atoms with E-state index in [1.807, 2.05) is 0 Å². The number of nitrogens with one attached hydrogen (secondary N) is 2. The number of benzene rings is 1. The molecule has 2 aliphatic rings. The normalized spacial score (nSPS) is 34.8. The molecule has 3 heteroatoms. The zero-order chi connectivity index (χ0) is 17.8. The van der Waals surface area contributed by atoms with Gasteiger partial charge in [0.25, 0.3) is 0 Å². The third kappa shape index (κ3) is 2.28. The molecular formula is C21H34N2O. The molecule has 0 spiro atoms. The highest BCUT2D eigenvalue weighted by Gasteiger charge is 2.73. The molecular weight excluding hydrogens is 296 g/mol. The van der Waals surface area contributed by atoms with Crippen LogP contribution in [0, 0.1) is 16.7 Å². The zero-order valence-electron chi connectivity index (χ0n) is 16.1. The highest BCUT2D eigenvalue weighted by atomic mass is 16.3. The minimum Gasteiger partial charge on any atom is -0.384 e. The Balaban J connectivity index is 1.94. The molecule has 3 nitrogen and oxygen atoms in total. The maximum Gasteiger partial charge on any atom is 0.100 e. The molecule has 1 aliphatic carbocycles. The molecule has 24 heavy (non-hydrogen) atoms. The number of aliphatic hydroxyl groups is 1. The molecule has 1 aliphatic heterocycles. The van der Waals surface area contributed by atoms with Crippen molar-refractivity contribution in [3.05, 3.63) is 35.4 Å². The number of hydrogen-bond donors (Lipinski definition) is 3. The summed E-state index contributed by atoms with van der Waals surface area (Å²) in [7, 11) is 0. The second-order valence-corrected chi connectivity index (χ2v) is 9.17. The lowest BCUT2D eigenvalue weighted by Gasteiger charge is -2.72. The molecule has 1 saturated heterocycles. The topological polar surface area (TPSA) is 44.3 Å². The highest BCUT2D eigenvalue weighted by molar-refractivity contribution is 5.38. The van der Waals surface area contributed by atoms with E-state index >= 15 is 0 Å². The molecule has 1 heterocycles. The molecule has 1 atom stereocenters. The number of piperazine rings is 1. The van der Waals surface area contributed by atoms with Crippen molar-refractivity contribution in [3.8, 4) is 0 Å². The van der Waals surface area contributed by atoms with Crippen molar-refractivity contribution in [2.45, 2.75) is 59.1 Å². The maximum absolute atomic E-state index is 11.8. The summed E-state index contributed by atoms with van der Waals surface area (Å²) < 4.78 is 0. The predicted molar refractivity (Wildman–Crippen MR) is 100 cm³/mol. The molecule has 1 aromatic rings. The smallest absolute Gasteiger partial charge is 0.100 e. The van der Waals surface area contributed by atoms with Gasteiger partial charge in [0.05, 0.1) is 0 Å². The van der Waals surface area contributed by atoms with E-state index in [-0.39, 0.29) is 10.8 Å². The Morgan fingerprint density at radius 1 is 1.00 bits per heavy atom. The fourth-order valence-electron chi connectivity index (χ4n) is 5.88. The SMILES string of the molecule is CC(C)c1ccc(C2(O)C(C)(C)C(C3CNCCN3)C2(C)C)cc1. The van der Waals surface area contributed by atoms with E-state index in [1.54, 1.807) is 0 Å². The van der Waals surface area contributed by atoms with Crippen LogP contribution in [0.2, 0.25) is 0 Å². The molecule has 0 aromatic heterocycles. The van der Waals surface area contributed by atoms with Gasteiger partial charge in [0.2, 0.25) is 0 Å². The van der Waals surface area contributed by atoms with Crippen LogP contribution in [-0.2, 0) is 5.60 Å². The lowest BCUT2D eigenvalue weighted by Crippen LogP contribution is -2.76. The molecule has 3 N–H and O–H groups in total. The second kappa shape index (κ2) is 5.82. The van der Waals surface area contributed by atoms with Crippen LogP contribution in [0.1, 0.15) is 58.6 Å². The van der Waals surface area contributed by atoms with E-state index in [4.69, 9.17) is 0 Å². The molecule has 1 unspecified atom stereocenters. The minimum absolute atomic E-state index is 0.174. The average Bonchev–Trinajstić information content (AvgIpc) is 2.54.